The Morgan fingerprint density at radius 2 is 1.95 bits per heavy atom. The molecule has 6 heteroatoms. The van der Waals surface area contributed by atoms with E-state index in [-0.39, 0.29) is 11.6 Å². The fraction of sp³-hybridized carbons (Fsp3) is 0. The topological polar surface area (TPSA) is 24.9 Å². The van der Waals surface area contributed by atoms with E-state index in [9.17, 15) is 8.78 Å². The molecule has 19 heavy (non-hydrogen) atoms. The summed E-state index contributed by atoms with van der Waals surface area (Å²) < 4.78 is 28.3. The van der Waals surface area contributed by atoms with E-state index < -0.39 is 0 Å². The molecule has 0 amide bonds. The molecular formula is C13H7BrF2N2S. The van der Waals surface area contributed by atoms with Gasteiger partial charge in [0, 0.05) is 10.5 Å². The summed E-state index contributed by atoms with van der Waals surface area (Å²) in [5.74, 6) is -0.702. The molecule has 0 unspecified atom stereocenters. The fourth-order valence-corrected chi connectivity index (χ4v) is 2.88. The first kappa shape index (κ1) is 12.5. The quantitative estimate of drug-likeness (QED) is 0.703. The highest BCUT2D eigenvalue weighted by atomic mass is 79.9. The lowest BCUT2D eigenvalue weighted by molar-refractivity contribution is 0.629. The second-order valence-electron chi connectivity index (χ2n) is 3.88. The van der Waals surface area contributed by atoms with Gasteiger partial charge in [0.05, 0.1) is 15.9 Å². The van der Waals surface area contributed by atoms with Gasteiger partial charge in [-0.2, -0.15) is 0 Å². The summed E-state index contributed by atoms with van der Waals surface area (Å²) in [5.41, 5.74) is 0.886. The molecule has 0 saturated carbocycles. The van der Waals surface area contributed by atoms with E-state index >= 15 is 0 Å². The van der Waals surface area contributed by atoms with Crippen LogP contribution in [0.15, 0.2) is 40.9 Å². The van der Waals surface area contributed by atoms with E-state index in [0.29, 0.717) is 16.3 Å². The Bertz CT molecular complexity index is 757. The number of rotatable bonds is 2. The van der Waals surface area contributed by atoms with E-state index in [2.05, 4.69) is 26.2 Å². The van der Waals surface area contributed by atoms with Crippen molar-refractivity contribution in [3.8, 4) is 0 Å². The monoisotopic (exact) mass is 340 g/mol. The highest BCUT2D eigenvalue weighted by molar-refractivity contribution is 9.10. The summed E-state index contributed by atoms with van der Waals surface area (Å²) in [6, 6.07) is 9.00. The van der Waals surface area contributed by atoms with E-state index in [4.69, 9.17) is 0 Å². The molecule has 1 heterocycles. The second kappa shape index (κ2) is 4.86. The van der Waals surface area contributed by atoms with Crippen LogP contribution < -0.4 is 5.32 Å². The molecule has 0 aliphatic heterocycles. The molecule has 0 saturated heterocycles. The Kier molecular flexibility index (Phi) is 3.20. The van der Waals surface area contributed by atoms with Gasteiger partial charge in [0.2, 0.25) is 0 Å². The van der Waals surface area contributed by atoms with Gasteiger partial charge in [-0.3, -0.25) is 0 Å². The summed E-state index contributed by atoms with van der Waals surface area (Å²) in [6.45, 7) is 0. The Labute approximate surface area is 120 Å². The van der Waals surface area contributed by atoms with Crippen molar-refractivity contribution in [2.45, 2.75) is 0 Å². The number of nitrogens with one attached hydrogen (secondary N) is 1. The van der Waals surface area contributed by atoms with Crippen molar-refractivity contribution in [1.29, 1.82) is 0 Å². The van der Waals surface area contributed by atoms with Crippen LogP contribution in [0, 0.1) is 11.6 Å². The van der Waals surface area contributed by atoms with Gasteiger partial charge in [0.15, 0.2) is 5.13 Å². The maximum Gasteiger partial charge on any atom is 0.188 e. The van der Waals surface area contributed by atoms with Gasteiger partial charge in [-0.1, -0.05) is 27.3 Å². The summed E-state index contributed by atoms with van der Waals surface area (Å²) in [7, 11) is 0. The maximum absolute atomic E-state index is 13.6. The molecule has 1 N–H and O–H groups in total. The SMILES string of the molecule is Fc1ccc2sc(Nc3cc(Br)ccc3F)nc2c1. The normalized spacial score (nSPS) is 10.9. The zero-order valence-electron chi connectivity index (χ0n) is 9.45. The minimum Gasteiger partial charge on any atom is -0.329 e. The van der Waals surface area contributed by atoms with Crippen LogP contribution in [0.5, 0.6) is 0 Å². The number of aromatic nitrogens is 1. The highest BCUT2D eigenvalue weighted by Crippen LogP contribution is 2.30. The molecule has 0 aliphatic carbocycles. The predicted molar refractivity (Wildman–Crippen MR) is 77.0 cm³/mol. The highest BCUT2D eigenvalue weighted by Gasteiger charge is 2.08. The number of anilines is 2. The van der Waals surface area contributed by atoms with Gasteiger partial charge in [0.1, 0.15) is 11.6 Å². The van der Waals surface area contributed by atoms with Crippen LogP contribution in [-0.4, -0.2) is 4.98 Å². The van der Waals surface area contributed by atoms with Gasteiger partial charge in [-0.25, -0.2) is 13.8 Å². The maximum atomic E-state index is 13.6. The molecule has 0 bridgehead atoms. The fourth-order valence-electron chi connectivity index (χ4n) is 1.66. The molecule has 3 aromatic rings. The Morgan fingerprint density at radius 3 is 2.79 bits per heavy atom. The lowest BCUT2D eigenvalue weighted by atomic mass is 10.3. The van der Waals surface area contributed by atoms with Gasteiger partial charge in [0.25, 0.3) is 0 Å². The van der Waals surface area contributed by atoms with Crippen molar-refractivity contribution in [3.63, 3.8) is 0 Å². The first-order chi connectivity index (χ1) is 9.11. The molecule has 3 rings (SSSR count). The third kappa shape index (κ3) is 2.59. The van der Waals surface area contributed by atoms with Crippen LogP contribution in [0.25, 0.3) is 10.2 Å². The number of nitrogens with zero attached hydrogens (tertiary/aromatic N) is 1. The van der Waals surface area contributed by atoms with E-state index in [1.54, 1.807) is 18.2 Å². The van der Waals surface area contributed by atoms with Crippen molar-refractivity contribution in [2.24, 2.45) is 0 Å². The molecule has 0 spiro atoms. The smallest absolute Gasteiger partial charge is 0.188 e. The predicted octanol–water partition coefficient (Wildman–Crippen LogP) is 5.08. The number of hydrogen-bond acceptors (Lipinski definition) is 3. The third-order valence-electron chi connectivity index (χ3n) is 2.52. The summed E-state index contributed by atoms with van der Waals surface area (Å²) in [6.07, 6.45) is 0. The molecule has 2 aromatic carbocycles. The Morgan fingerprint density at radius 1 is 1.11 bits per heavy atom. The lowest BCUT2D eigenvalue weighted by Gasteiger charge is -2.04. The number of fused-ring (bicyclic) bond motifs is 1. The average molecular weight is 341 g/mol. The Hall–Kier alpha value is -1.53. The first-order valence-corrected chi connectivity index (χ1v) is 7.01. The number of benzene rings is 2. The van der Waals surface area contributed by atoms with Crippen LogP contribution in [0.2, 0.25) is 0 Å². The summed E-state index contributed by atoms with van der Waals surface area (Å²) >= 11 is 4.63. The molecule has 0 fully saturated rings. The molecule has 0 atom stereocenters. The van der Waals surface area contributed by atoms with Gasteiger partial charge in [-0.05, 0) is 30.3 Å². The van der Waals surface area contributed by atoms with Crippen LogP contribution in [0.3, 0.4) is 0 Å². The van der Waals surface area contributed by atoms with Crippen LogP contribution in [-0.2, 0) is 0 Å². The van der Waals surface area contributed by atoms with Gasteiger partial charge < -0.3 is 5.32 Å². The molecular weight excluding hydrogens is 334 g/mol. The number of halogens is 3. The van der Waals surface area contributed by atoms with Crippen LogP contribution >= 0.6 is 27.3 Å². The Balaban J connectivity index is 1.98. The molecule has 96 valence electrons. The zero-order valence-corrected chi connectivity index (χ0v) is 11.9. The summed E-state index contributed by atoms with van der Waals surface area (Å²) in [5, 5.41) is 3.43. The minimum absolute atomic E-state index is 0.328. The minimum atomic E-state index is -0.367. The number of thiazole rings is 1. The van der Waals surface area contributed by atoms with Gasteiger partial charge in [-0.15, -0.1) is 0 Å². The van der Waals surface area contributed by atoms with Gasteiger partial charge >= 0.3 is 0 Å². The third-order valence-corrected chi connectivity index (χ3v) is 3.96. The van der Waals surface area contributed by atoms with Crippen molar-refractivity contribution in [3.05, 3.63) is 52.5 Å². The first-order valence-electron chi connectivity index (χ1n) is 5.40. The van der Waals surface area contributed by atoms with Crippen LogP contribution in [0.4, 0.5) is 19.6 Å². The number of hydrogen-bond donors (Lipinski definition) is 1. The molecule has 0 radical (unpaired) electrons. The van der Waals surface area contributed by atoms with Crippen molar-refractivity contribution < 1.29 is 8.78 Å². The molecule has 2 nitrogen and oxygen atoms in total. The van der Waals surface area contributed by atoms with Crippen molar-refractivity contribution in [2.75, 3.05) is 5.32 Å². The van der Waals surface area contributed by atoms with Crippen LogP contribution in [0.1, 0.15) is 0 Å². The average Bonchev–Trinajstić information content (AvgIpc) is 2.75. The van der Waals surface area contributed by atoms with Crippen molar-refractivity contribution in [1.82, 2.24) is 4.98 Å². The second-order valence-corrected chi connectivity index (χ2v) is 5.83. The van der Waals surface area contributed by atoms with Crippen molar-refractivity contribution >= 4 is 48.3 Å². The molecule has 0 aliphatic rings. The van der Waals surface area contributed by atoms with E-state index in [1.165, 1.54) is 29.5 Å². The standard InChI is InChI=1S/C13H7BrF2N2S/c14-7-1-3-9(16)10(5-7)17-13-18-11-6-8(15)2-4-12(11)19-13/h1-6H,(H,17,18). The van der Waals surface area contributed by atoms with E-state index in [1.807, 2.05) is 0 Å². The molecule has 1 aromatic heterocycles. The summed E-state index contributed by atoms with van der Waals surface area (Å²) in [4.78, 5) is 4.23. The largest absolute Gasteiger partial charge is 0.329 e. The lowest BCUT2D eigenvalue weighted by Crippen LogP contribution is -1.92. The zero-order chi connectivity index (χ0) is 13.4. The van der Waals surface area contributed by atoms with E-state index in [0.717, 1.165) is 9.17 Å².